The van der Waals surface area contributed by atoms with Gasteiger partial charge in [-0.2, -0.15) is 0 Å². The van der Waals surface area contributed by atoms with E-state index in [1.165, 1.54) is 6.20 Å². The van der Waals surface area contributed by atoms with E-state index in [0.29, 0.717) is 18.1 Å². The zero-order valence-corrected chi connectivity index (χ0v) is 11.2. The Balaban J connectivity index is 2.37. The number of nitrogens with zero attached hydrogens (tertiary/aromatic N) is 3. The highest BCUT2D eigenvalue weighted by atomic mass is 16.1. The first-order valence-corrected chi connectivity index (χ1v) is 6.12. The van der Waals surface area contributed by atoms with E-state index in [1.807, 2.05) is 21.0 Å². The molecule has 1 heterocycles. The van der Waals surface area contributed by atoms with Crippen LogP contribution in [0.3, 0.4) is 0 Å². The Hall–Kier alpha value is -1.69. The van der Waals surface area contributed by atoms with E-state index < -0.39 is 0 Å². The van der Waals surface area contributed by atoms with E-state index in [9.17, 15) is 4.79 Å². The molecular weight excluding hydrogens is 230 g/mol. The van der Waals surface area contributed by atoms with E-state index in [2.05, 4.69) is 25.5 Å². The lowest BCUT2D eigenvalue weighted by atomic mass is 10.3. The van der Waals surface area contributed by atoms with Crippen molar-refractivity contribution in [3.8, 4) is 0 Å². The molecule has 0 unspecified atom stereocenters. The second-order valence-corrected chi connectivity index (χ2v) is 4.23. The van der Waals surface area contributed by atoms with Crippen LogP contribution in [0.1, 0.15) is 23.8 Å². The maximum atomic E-state index is 11.7. The highest BCUT2D eigenvalue weighted by Crippen LogP contribution is 2.00. The van der Waals surface area contributed by atoms with E-state index >= 15 is 0 Å². The zero-order valence-electron chi connectivity index (χ0n) is 11.2. The normalized spacial score (nSPS) is 10.4. The molecule has 1 aromatic heterocycles. The van der Waals surface area contributed by atoms with Gasteiger partial charge in [0.1, 0.15) is 11.5 Å². The Kier molecular flexibility index (Phi) is 6.07. The number of amides is 1. The van der Waals surface area contributed by atoms with Gasteiger partial charge in [0.05, 0.1) is 12.4 Å². The number of nitrogens with one attached hydrogen (secondary N) is 2. The maximum Gasteiger partial charge on any atom is 0.271 e. The van der Waals surface area contributed by atoms with Gasteiger partial charge in [-0.25, -0.2) is 9.97 Å². The molecule has 6 heteroatoms. The molecule has 0 spiro atoms. The minimum Gasteiger partial charge on any atom is -0.369 e. The van der Waals surface area contributed by atoms with Gasteiger partial charge in [0.2, 0.25) is 0 Å². The number of carbonyl (C=O) groups excluding carboxylic acids is 1. The van der Waals surface area contributed by atoms with Crippen LogP contribution >= 0.6 is 0 Å². The second-order valence-electron chi connectivity index (χ2n) is 4.23. The average Bonchev–Trinajstić information content (AvgIpc) is 2.35. The largest absolute Gasteiger partial charge is 0.369 e. The summed E-state index contributed by atoms with van der Waals surface area (Å²) in [7, 11) is 4.01. The van der Waals surface area contributed by atoms with Crippen LogP contribution in [0.2, 0.25) is 0 Å². The van der Waals surface area contributed by atoms with Crippen molar-refractivity contribution in [2.45, 2.75) is 13.3 Å². The number of aromatic nitrogens is 2. The Morgan fingerprint density at radius 2 is 2.11 bits per heavy atom. The fourth-order valence-corrected chi connectivity index (χ4v) is 1.41. The molecule has 0 bridgehead atoms. The van der Waals surface area contributed by atoms with Gasteiger partial charge < -0.3 is 15.5 Å². The van der Waals surface area contributed by atoms with Crippen LogP contribution in [0.4, 0.5) is 5.82 Å². The van der Waals surface area contributed by atoms with Gasteiger partial charge in [0.25, 0.3) is 5.91 Å². The average molecular weight is 251 g/mol. The highest BCUT2D eigenvalue weighted by Gasteiger charge is 2.06. The first kappa shape index (κ1) is 14.4. The van der Waals surface area contributed by atoms with Crippen LogP contribution in [0.5, 0.6) is 0 Å². The van der Waals surface area contributed by atoms with Crippen LogP contribution in [0, 0.1) is 0 Å². The van der Waals surface area contributed by atoms with Gasteiger partial charge in [0, 0.05) is 13.1 Å². The van der Waals surface area contributed by atoms with E-state index in [0.717, 1.165) is 19.5 Å². The van der Waals surface area contributed by atoms with Crippen LogP contribution in [0.25, 0.3) is 0 Å². The lowest BCUT2D eigenvalue weighted by Gasteiger charge is -2.09. The predicted octanol–water partition coefficient (Wildman–Crippen LogP) is 0.590. The van der Waals surface area contributed by atoms with E-state index in [1.54, 1.807) is 6.20 Å². The predicted molar refractivity (Wildman–Crippen MR) is 71.7 cm³/mol. The van der Waals surface area contributed by atoms with Crippen molar-refractivity contribution in [3.05, 3.63) is 18.1 Å². The molecule has 0 aliphatic carbocycles. The summed E-state index contributed by atoms with van der Waals surface area (Å²) >= 11 is 0. The Bertz CT molecular complexity index is 363. The fraction of sp³-hybridized carbons (Fsp3) is 0.583. The lowest BCUT2D eigenvalue weighted by Crippen LogP contribution is -2.27. The third-order valence-electron chi connectivity index (χ3n) is 2.31. The Morgan fingerprint density at radius 3 is 2.67 bits per heavy atom. The van der Waals surface area contributed by atoms with Crippen LogP contribution in [-0.4, -0.2) is 54.5 Å². The Morgan fingerprint density at radius 1 is 1.33 bits per heavy atom. The van der Waals surface area contributed by atoms with Crippen LogP contribution in [0.15, 0.2) is 12.4 Å². The molecule has 18 heavy (non-hydrogen) atoms. The summed E-state index contributed by atoms with van der Waals surface area (Å²) < 4.78 is 0. The van der Waals surface area contributed by atoms with Gasteiger partial charge >= 0.3 is 0 Å². The molecule has 6 nitrogen and oxygen atoms in total. The van der Waals surface area contributed by atoms with Gasteiger partial charge in [-0.15, -0.1) is 0 Å². The molecule has 0 fully saturated rings. The molecule has 0 saturated heterocycles. The molecule has 1 rings (SSSR count). The molecule has 1 aromatic rings. The minimum absolute atomic E-state index is 0.177. The molecule has 2 N–H and O–H groups in total. The lowest BCUT2D eigenvalue weighted by molar-refractivity contribution is 0.0947. The summed E-state index contributed by atoms with van der Waals surface area (Å²) in [6.45, 7) is 4.36. The van der Waals surface area contributed by atoms with Crippen molar-refractivity contribution >= 4 is 11.7 Å². The van der Waals surface area contributed by atoms with E-state index in [4.69, 9.17) is 0 Å². The molecule has 0 radical (unpaired) electrons. The summed E-state index contributed by atoms with van der Waals surface area (Å²) in [6.07, 6.45) is 3.97. The van der Waals surface area contributed by atoms with Crippen molar-refractivity contribution < 1.29 is 4.79 Å². The molecule has 0 atom stereocenters. The van der Waals surface area contributed by atoms with Gasteiger partial charge in [-0.3, -0.25) is 4.79 Å². The van der Waals surface area contributed by atoms with Crippen molar-refractivity contribution in [2.75, 3.05) is 39.0 Å². The van der Waals surface area contributed by atoms with Gasteiger partial charge in [-0.05, 0) is 34.0 Å². The minimum atomic E-state index is -0.177. The topological polar surface area (TPSA) is 70.2 Å². The summed E-state index contributed by atoms with van der Waals surface area (Å²) in [5.41, 5.74) is 0.349. The Labute approximate surface area is 108 Å². The summed E-state index contributed by atoms with van der Waals surface area (Å²) in [6, 6.07) is 0. The molecule has 1 amide bonds. The standard InChI is InChI=1S/C12H21N5O/c1-4-13-11-9-15-10(8-16-11)12(18)14-6-5-7-17(2)3/h8-9H,4-7H2,1-3H3,(H,13,16)(H,14,18). The molecule has 0 saturated carbocycles. The number of hydrogen-bond acceptors (Lipinski definition) is 5. The summed E-state index contributed by atoms with van der Waals surface area (Å²) in [4.78, 5) is 22.0. The molecular formula is C12H21N5O. The summed E-state index contributed by atoms with van der Waals surface area (Å²) in [5.74, 6) is 0.506. The summed E-state index contributed by atoms with van der Waals surface area (Å²) in [5, 5.41) is 5.84. The zero-order chi connectivity index (χ0) is 13.4. The third-order valence-corrected chi connectivity index (χ3v) is 2.31. The van der Waals surface area contributed by atoms with Crippen molar-refractivity contribution in [1.82, 2.24) is 20.2 Å². The number of carbonyl (C=O) groups is 1. The number of anilines is 1. The maximum absolute atomic E-state index is 11.7. The smallest absolute Gasteiger partial charge is 0.271 e. The molecule has 0 aliphatic rings. The third kappa shape index (κ3) is 5.09. The highest BCUT2D eigenvalue weighted by molar-refractivity contribution is 5.91. The van der Waals surface area contributed by atoms with Crippen molar-refractivity contribution in [1.29, 1.82) is 0 Å². The second kappa shape index (κ2) is 7.60. The number of rotatable bonds is 7. The van der Waals surface area contributed by atoms with Crippen molar-refractivity contribution in [3.63, 3.8) is 0 Å². The van der Waals surface area contributed by atoms with Crippen LogP contribution < -0.4 is 10.6 Å². The molecule has 0 aromatic carbocycles. The quantitative estimate of drug-likeness (QED) is 0.694. The van der Waals surface area contributed by atoms with Crippen molar-refractivity contribution in [2.24, 2.45) is 0 Å². The first-order valence-electron chi connectivity index (χ1n) is 6.12. The first-order chi connectivity index (χ1) is 8.63. The number of hydrogen-bond donors (Lipinski definition) is 2. The van der Waals surface area contributed by atoms with Gasteiger partial charge in [-0.1, -0.05) is 0 Å². The van der Waals surface area contributed by atoms with Gasteiger partial charge in [0.15, 0.2) is 0 Å². The monoisotopic (exact) mass is 251 g/mol. The molecule has 100 valence electrons. The van der Waals surface area contributed by atoms with E-state index in [-0.39, 0.29) is 5.91 Å². The fourth-order valence-electron chi connectivity index (χ4n) is 1.41. The molecule has 0 aliphatic heterocycles. The SMILES string of the molecule is CCNc1cnc(C(=O)NCCCN(C)C)cn1. The van der Waals surface area contributed by atoms with Crippen LogP contribution in [-0.2, 0) is 0 Å².